The molecule has 0 N–H and O–H groups in total. The second-order valence-electron chi connectivity index (χ2n) is 5.96. The standard InChI is InChI=1S/C20H24N/c1-2-3-4-5-6-7-11-16-12-10-14-18-17-13-8-9-15-19(17)21-20(16)18/h8-10,12-15H,2-7,11H2,1H3. The quantitative estimate of drug-likeness (QED) is 0.461. The van der Waals surface area contributed by atoms with Crippen LogP contribution in [0.15, 0.2) is 42.5 Å². The van der Waals surface area contributed by atoms with Gasteiger partial charge in [-0.1, -0.05) is 75.4 Å². The molecule has 109 valence electrons. The van der Waals surface area contributed by atoms with E-state index in [9.17, 15) is 0 Å². The van der Waals surface area contributed by atoms with Gasteiger partial charge in [0.05, 0.1) is 11.4 Å². The molecule has 0 aromatic heterocycles. The molecule has 1 radical (unpaired) electrons. The van der Waals surface area contributed by atoms with Crippen LogP contribution in [0.5, 0.6) is 0 Å². The van der Waals surface area contributed by atoms with Gasteiger partial charge in [-0.3, -0.25) is 0 Å². The van der Waals surface area contributed by atoms with E-state index in [4.69, 9.17) is 5.32 Å². The summed E-state index contributed by atoms with van der Waals surface area (Å²) in [5.41, 5.74) is 6.36. The van der Waals surface area contributed by atoms with Crippen molar-refractivity contribution in [1.82, 2.24) is 5.32 Å². The number of hydrogen-bond acceptors (Lipinski definition) is 0. The van der Waals surface area contributed by atoms with Crippen LogP contribution in [-0.4, -0.2) is 0 Å². The smallest absolute Gasteiger partial charge is 0.0748 e. The second-order valence-corrected chi connectivity index (χ2v) is 5.96. The van der Waals surface area contributed by atoms with Gasteiger partial charge in [0.2, 0.25) is 0 Å². The summed E-state index contributed by atoms with van der Waals surface area (Å²) in [5, 5.41) is 4.84. The van der Waals surface area contributed by atoms with E-state index in [1.807, 2.05) is 0 Å². The largest absolute Gasteiger partial charge is 0.247 e. The van der Waals surface area contributed by atoms with Crippen molar-refractivity contribution < 1.29 is 0 Å². The zero-order valence-corrected chi connectivity index (χ0v) is 12.9. The van der Waals surface area contributed by atoms with Gasteiger partial charge in [-0.15, -0.1) is 0 Å². The minimum atomic E-state index is 1.13. The van der Waals surface area contributed by atoms with Crippen LogP contribution in [0.25, 0.3) is 11.1 Å². The van der Waals surface area contributed by atoms with Gasteiger partial charge in [-0.05, 0) is 24.5 Å². The fraction of sp³-hybridized carbons (Fsp3) is 0.400. The van der Waals surface area contributed by atoms with Gasteiger partial charge >= 0.3 is 0 Å². The summed E-state index contributed by atoms with van der Waals surface area (Å²) in [6.45, 7) is 2.27. The Morgan fingerprint density at radius 3 is 2.43 bits per heavy atom. The average Bonchev–Trinajstić information content (AvgIpc) is 2.90. The number of aryl methyl sites for hydroxylation is 1. The molecule has 1 nitrogen and oxygen atoms in total. The van der Waals surface area contributed by atoms with Crippen LogP contribution in [-0.2, 0) is 6.42 Å². The molecule has 2 aromatic rings. The van der Waals surface area contributed by atoms with Crippen LogP contribution >= 0.6 is 0 Å². The van der Waals surface area contributed by atoms with Crippen molar-refractivity contribution >= 4 is 11.4 Å². The van der Waals surface area contributed by atoms with E-state index < -0.39 is 0 Å². The lowest BCUT2D eigenvalue weighted by Gasteiger charge is -2.07. The van der Waals surface area contributed by atoms with Crippen LogP contribution in [0.1, 0.15) is 51.0 Å². The first kappa shape index (κ1) is 14.2. The zero-order valence-electron chi connectivity index (χ0n) is 12.9. The Morgan fingerprint density at radius 1 is 0.762 bits per heavy atom. The maximum Gasteiger partial charge on any atom is 0.0748 e. The molecule has 1 heterocycles. The fourth-order valence-corrected chi connectivity index (χ4v) is 3.16. The topological polar surface area (TPSA) is 14.1 Å². The number of rotatable bonds is 7. The van der Waals surface area contributed by atoms with Gasteiger partial charge in [-0.2, -0.15) is 0 Å². The number of benzene rings is 2. The molecule has 21 heavy (non-hydrogen) atoms. The van der Waals surface area contributed by atoms with Gasteiger partial charge in [0.1, 0.15) is 0 Å². The normalized spacial score (nSPS) is 11.9. The maximum atomic E-state index is 4.84. The highest BCUT2D eigenvalue weighted by molar-refractivity contribution is 5.91. The summed E-state index contributed by atoms with van der Waals surface area (Å²) in [5.74, 6) is 0. The number of unbranched alkanes of at least 4 members (excludes halogenated alkanes) is 5. The molecule has 1 aliphatic rings. The van der Waals surface area contributed by atoms with E-state index in [0.717, 1.165) is 12.1 Å². The number of para-hydroxylation sites is 2. The maximum absolute atomic E-state index is 4.84. The molecule has 0 aliphatic carbocycles. The van der Waals surface area contributed by atoms with Crippen molar-refractivity contribution in [3.05, 3.63) is 48.0 Å². The fourth-order valence-electron chi connectivity index (χ4n) is 3.16. The van der Waals surface area contributed by atoms with Gasteiger partial charge in [-0.25, -0.2) is 5.32 Å². The van der Waals surface area contributed by atoms with E-state index in [0.29, 0.717) is 0 Å². The van der Waals surface area contributed by atoms with Gasteiger partial charge < -0.3 is 0 Å². The minimum absolute atomic E-state index is 1.13. The van der Waals surface area contributed by atoms with Crippen LogP contribution in [0, 0.1) is 0 Å². The monoisotopic (exact) mass is 278 g/mol. The summed E-state index contributed by atoms with van der Waals surface area (Å²) >= 11 is 0. The van der Waals surface area contributed by atoms with Crippen molar-refractivity contribution in [1.29, 1.82) is 0 Å². The van der Waals surface area contributed by atoms with E-state index in [1.54, 1.807) is 0 Å². The minimum Gasteiger partial charge on any atom is -0.247 e. The average molecular weight is 278 g/mol. The summed E-state index contributed by atoms with van der Waals surface area (Å²) in [7, 11) is 0. The van der Waals surface area contributed by atoms with Crippen molar-refractivity contribution in [3.63, 3.8) is 0 Å². The number of hydrogen-bond donors (Lipinski definition) is 0. The molecule has 0 saturated carbocycles. The van der Waals surface area contributed by atoms with E-state index in [-0.39, 0.29) is 0 Å². The van der Waals surface area contributed by atoms with Crippen LogP contribution in [0.4, 0.5) is 11.4 Å². The summed E-state index contributed by atoms with van der Waals surface area (Å²) in [4.78, 5) is 0. The molecule has 1 aliphatic heterocycles. The Kier molecular flexibility index (Phi) is 4.59. The highest BCUT2D eigenvalue weighted by atomic mass is 14.9. The van der Waals surface area contributed by atoms with Gasteiger partial charge in [0.15, 0.2) is 0 Å². The third kappa shape index (κ3) is 3.12. The van der Waals surface area contributed by atoms with Crippen molar-refractivity contribution in [2.24, 2.45) is 0 Å². The third-order valence-corrected chi connectivity index (χ3v) is 4.35. The van der Waals surface area contributed by atoms with E-state index >= 15 is 0 Å². The third-order valence-electron chi connectivity index (χ3n) is 4.35. The number of nitrogens with zero attached hydrogens (tertiary/aromatic N) is 1. The molecule has 0 unspecified atom stereocenters. The first-order valence-electron chi connectivity index (χ1n) is 8.33. The second kappa shape index (κ2) is 6.80. The molecule has 0 atom stereocenters. The molecule has 0 saturated heterocycles. The highest BCUT2D eigenvalue weighted by Crippen LogP contribution is 2.44. The van der Waals surface area contributed by atoms with E-state index in [1.165, 1.54) is 60.9 Å². The molecule has 2 aromatic carbocycles. The molecule has 3 rings (SSSR count). The van der Waals surface area contributed by atoms with Crippen molar-refractivity contribution in [2.45, 2.75) is 51.9 Å². The van der Waals surface area contributed by atoms with Gasteiger partial charge in [0, 0.05) is 11.1 Å². The highest BCUT2D eigenvalue weighted by Gasteiger charge is 2.21. The molecular weight excluding hydrogens is 254 g/mol. The van der Waals surface area contributed by atoms with Crippen molar-refractivity contribution in [2.75, 3.05) is 0 Å². The Hall–Kier alpha value is -1.76. The SMILES string of the molecule is CCCCCCCCc1cccc2c1[N]c1ccccc1-2. The van der Waals surface area contributed by atoms with Crippen LogP contribution < -0.4 is 5.32 Å². The molecule has 0 amide bonds. The first-order valence-corrected chi connectivity index (χ1v) is 8.33. The van der Waals surface area contributed by atoms with Crippen molar-refractivity contribution in [3.8, 4) is 11.1 Å². The summed E-state index contributed by atoms with van der Waals surface area (Å²) in [6.07, 6.45) is 9.25. The Labute approximate surface area is 128 Å². The van der Waals surface area contributed by atoms with Gasteiger partial charge in [0.25, 0.3) is 0 Å². The number of fused-ring (bicyclic) bond motifs is 3. The Morgan fingerprint density at radius 2 is 1.52 bits per heavy atom. The molecule has 0 fully saturated rings. The summed E-state index contributed by atoms with van der Waals surface area (Å²) in [6, 6.07) is 15.1. The molecule has 1 heteroatoms. The van der Waals surface area contributed by atoms with Crippen LogP contribution in [0.3, 0.4) is 0 Å². The molecule has 0 spiro atoms. The summed E-state index contributed by atoms with van der Waals surface area (Å²) < 4.78 is 0. The predicted molar refractivity (Wildman–Crippen MR) is 90.4 cm³/mol. The lowest BCUT2D eigenvalue weighted by molar-refractivity contribution is 0.607. The van der Waals surface area contributed by atoms with E-state index in [2.05, 4.69) is 49.4 Å². The van der Waals surface area contributed by atoms with Crippen LogP contribution in [0.2, 0.25) is 0 Å². The first-order chi connectivity index (χ1) is 10.4. The predicted octanol–water partition coefficient (Wildman–Crippen LogP) is 6.14. The lowest BCUT2D eigenvalue weighted by Crippen LogP contribution is -1.92. The lowest BCUT2D eigenvalue weighted by atomic mass is 9.99. The Bertz CT molecular complexity index is 601. The Balaban J connectivity index is 1.64. The molecule has 0 bridgehead atoms. The molecular formula is C20H24N. The zero-order chi connectivity index (χ0) is 14.5.